The predicted molar refractivity (Wildman–Crippen MR) is 115 cm³/mol. The van der Waals surface area contributed by atoms with Gasteiger partial charge in [0.1, 0.15) is 23.7 Å². The van der Waals surface area contributed by atoms with Crippen molar-refractivity contribution in [3.05, 3.63) is 36.2 Å². The number of methoxy groups -OCH3 is 1. The van der Waals surface area contributed by atoms with Crippen LogP contribution in [-0.2, 0) is 11.3 Å². The molecule has 2 aromatic rings. The summed E-state index contributed by atoms with van der Waals surface area (Å²) in [4.78, 5) is 25.7. The predicted octanol–water partition coefficient (Wildman–Crippen LogP) is 3.46. The van der Waals surface area contributed by atoms with Crippen molar-refractivity contribution < 1.29 is 9.53 Å². The van der Waals surface area contributed by atoms with Crippen molar-refractivity contribution in [2.24, 2.45) is 5.92 Å². The van der Waals surface area contributed by atoms with E-state index in [0.717, 1.165) is 35.2 Å². The summed E-state index contributed by atoms with van der Waals surface area (Å²) >= 11 is 0. The van der Waals surface area contributed by atoms with Crippen molar-refractivity contribution in [1.82, 2.24) is 9.97 Å². The molecule has 0 atom stereocenters. The van der Waals surface area contributed by atoms with Crippen molar-refractivity contribution in [2.45, 2.75) is 38.6 Å². The molecule has 1 aliphatic carbocycles. The van der Waals surface area contributed by atoms with Gasteiger partial charge in [0.15, 0.2) is 0 Å². The first-order valence-electron chi connectivity index (χ1n) is 10.4. The summed E-state index contributed by atoms with van der Waals surface area (Å²) in [5, 5.41) is 3.56. The Kier molecular flexibility index (Phi) is 5.83. The molecule has 0 saturated heterocycles. The van der Waals surface area contributed by atoms with Gasteiger partial charge >= 0.3 is 0 Å². The van der Waals surface area contributed by atoms with Gasteiger partial charge in [0, 0.05) is 19.3 Å². The molecule has 2 aliphatic rings. The number of hydrogen-bond donors (Lipinski definition) is 1. The van der Waals surface area contributed by atoms with E-state index in [1.165, 1.54) is 32.1 Å². The molecule has 1 amide bonds. The summed E-state index contributed by atoms with van der Waals surface area (Å²) in [5.74, 6) is 3.15. The molecule has 1 saturated carbocycles. The number of nitrogens with zero attached hydrogens (tertiary/aromatic N) is 4. The van der Waals surface area contributed by atoms with Crippen molar-refractivity contribution in [3.63, 3.8) is 0 Å². The molecule has 4 rings (SSSR count). The molecule has 2 heterocycles. The first-order chi connectivity index (χ1) is 14.2. The molecule has 1 aliphatic heterocycles. The molecule has 7 nitrogen and oxygen atoms in total. The van der Waals surface area contributed by atoms with E-state index < -0.39 is 0 Å². The van der Waals surface area contributed by atoms with Crippen LogP contribution in [0.2, 0.25) is 0 Å². The summed E-state index contributed by atoms with van der Waals surface area (Å²) < 4.78 is 5.25. The number of hydrogen-bond acceptors (Lipinski definition) is 6. The molecular formula is C22H29N5O2. The van der Waals surface area contributed by atoms with E-state index in [-0.39, 0.29) is 12.5 Å². The quantitative estimate of drug-likeness (QED) is 0.836. The molecule has 0 radical (unpaired) electrons. The standard InChI is InChI=1S/C22H29N5O2/c1-26-14-20(28)27(17-8-10-18(29-2)11-9-17)13-19-21(24-15-25-22(19)26)23-12-16-6-4-3-5-7-16/h8-11,15-16H,3-7,12-14H2,1-2H3,(H,23,24,25). The minimum absolute atomic E-state index is 0.0360. The van der Waals surface area contributed by atoms with Gasteiger partial charge in [-0.3, -0.25) is 4.79 Å². The summed E-state index contributed by atoms with van der Waals surface area (Å²) in [5.41, 5.74) is 1.81. The van der Waals surface area contributed by atoms with E-state index in [4.69, 9.17) is 4.74 Å². The number of carbonyl (C=O) groups excluding carboxylic acids is 1. The van der Waals surface area contributed by atoms with Gasteiger partial charge in [0.2, 0.25) is 5.91 Å². The third-order valence-electron chi connectivity index (χ3n) is 5.94. The molecule has 1 N–H and O–H groups in total. The maximum Gasteiger partial charge on any atom is 0.246 e. The molecular weight excluding hydrogens is 366 g/mol. The fourth-order valence-electron chi connectivity index (χ4n) is 4.27. The van der Waals surface area contributed by atoms with Gasteiger partial charge in [0.25, 0.3) is 0 Å². The van der Waals surface area contributed by atoms with Crippen molar-refractivity contribution >= 4 is 23.2 Å². The van der Waals surface area contributed by atoms with E-state index in [0.29, 0.717) is 12.5 Å². The largest absolute Gasteiger partial charge is 0.497 e. The Hall–Kier alpha value is -2.83. The third kappa shape index (κ3) is 4.28. The van der Waals surface area contributed by atoms with Crippen LogP contribution in [0, 0.1) is 5.92 Å². The maximum atomic E-state index is 12.9. The monoisotopic (exact) mass is 395 g/mol. The Balaban J connectivity index is 1.60. The van der Waals surface area contributed by atoms with E-state index in [1.807, 2.05) is 36.2 Å². The normalized spacial score (nSPS) is 17.7. The van der Waals surface area contributed by atoms with Gasteiger partial charge in [-0.25, -0.2) is 9.97 Å². The molecule has 7 heteroatoms. The van der Waals surface area contributed by atoms with Crippen LogP contribution in [0.3, 0.4) is 0 Å². The number of anilines is 3. The second-order valence-corrected chi connectivity index (χ2v) is 7.94. The van der Waals surface area contributed by atoms with Crippen LogP contribution >= 0.6 is 0 Å². The number of ether oxygens (including phenoxy) is 1. The number of fused-ring (bicyclic) bond motifs is 1. The Morgan fingerprint density at radius 1 is 1.10 bits per heavy atom. The Bertz CT molecular complexity index is 849. The van der Waals surface area contributed by atoms with Crippen molar-refractivity contribution in [1.29, 1.82) is 0 Å². The highest BCUT2D eigenvalue weighted by atomic mass is 16.5. The van der Waals surface area contributed by atoms with Crippen LogP contribution < -0.4 is 19.9 Å². The highest BCUT2D eigenvalue weighted by Crippen LogP contribution is 2.31. The zero-order chi connectivity index (χ0) is 20.2. The van der Waals surface area contributed by atoms with Gasteiger partial charge < -0.3 is 19.9 Å². The van der Waals surface area contributed by atoms with Gasteiger partial charge in [-0.1, -0.05) is 19.3 Å². The summed E-state index contributed by atoms with van der Waals surface area (Å²) in [6.45, 7) is 1.64. The number of amides is 1. The van der Waals surface area contributed by atoms with E-state index in [1.54, 1.807) is 18.3 Å². The van der Waals surface area contributed by atoms with Crippen molar-refractivity contribution in [2.75, 3.05) is 42.4 Å². The zero-order valence-electron chi connectivity index (χ0n) is 17.2. The SMILES string of the molecule is COc1ccc(N2Cc3c(NCC4CCCCC4)ncnc3N(C)CC2=O)cc1. The summed E-state index contributed by atoms with van der Waals surface area (Å²) in [7, 11) is 3.55. The molecule has 0 bridgehead atoms. The first kappa shape index (κ1) is 19.5. The summed E-state index contributed by atoms with van der Waals surface area (Å²) in [6, 6.07) is 7.59. The van der Waals surface area contributed by atoms with Gasteiger partial charge in [-0.2, -0.15) is 0 Å². The van der Waals surface area contributed by atoms with Crippen LogP contribution in [0.4, 0.5) is 17.3 Å². The zero-order valence-corrected chi connectivity index (χ0v) is 17.2. The number of nitrogens with one attached hydrogen (secondary N) is 1. The second kappa shape index (κ2) is 8.68. The smallest absolute Gasteiger partial charge is 0.246 e. The van der Waals surface area contributed by atoms with E-state index in [2.05, 4.69) is 15.3 Å². The molecule has 1 aromatic carbocycles. The van der Waals surface area contributed by atoms with Crippen molar-refractivity contribution in [3.8, 4) is 5.75 Å². The highest BCUT2D eigenvalue weighted by Gasteiger charge is 2.28. The second-order valence-electron chi connectivity index (χ2n) is 7.94. The minimum atomic E-state index is 0.0360. The first-order valence-corrected chi connectivity index (χ1v) is 10.4. The molecule has 29 heavy (non-hydrogen) atoms. The average molecular weight is 396 g/mol. The molecule has 1 aromatic heterocycles. The van der Waals surface area contributed by atoms with Crippen LogP contribution in [-0.4, -0.2) is 43.1 Å². The number of benzene rings is 1. The highest BCUT2D eigenvalue weighted by molar-refractivity contribution is 5.97. The summed E-state index contributed by atoms with van der Waals surface area (Å²) in [6.07, 6.45) is 8.12. The fraction of sp³-hybridized carbons (Fsp3) is 0.500. The Morgan fingerprint density at radius 2 is 1.86 bits per heavy atom. The third-order valence-corrected chi connectivity index (χ3v) is 5.94. The van der Waals surface area contributed by atoms with Crippen LogP contribution in [0.15, 0.2) is 30.6 Å². The van der Waals surface area contributed by atoms with E-state index >= 15 is 0 Å². The topological polar surface area (TPSA) is 70.6 Å². The molecule has 154 valence electrons. The van der Waals surface area contributed by atoms with E-state index in [9.17, 15) is 4.79 Å². The lowest BCUT2D eigenvalue weighted by Crippen LogP contribution is -2.35. The number of aromatic nitrogens is 2. The number of rotatable bonds is 5. The van der Waals surface area contributed by atoms with Gasteiger partial charge in [-0.15, -0.1) is 0 Å². The van der Waals surface area contributed by atoms with Gasteiger partial charge in [0.05, 0.1) is 25.8 Å². The van der Waals surface area contributed by atoms with Crippen LogP contribution in [0.1, 0.15) is 37.7 Å². The van der Waals surface area contributed by atoms with Gasteiger partial charge in [-0.05, 0) is 43.0 Å². The molecule has 0 unspecified atom stereocenters. The number of carbonyl (C=O) groups is 1. The number of likely N-dealkylation sites (N-methyl/N-ethyl adjacent to an activating group) is 1. The average Bonchev–Trinajstić information content (AvgIpc) is 2.89. The Morgan fingerprint density at radius 3 is 2.59 bits per heavy atom. The molecule has 0 spiro atoms. The lowest BCUT2D eigenvalue weighted by molar-refractivity contribution is -0.117. The molecule has 1 fully saturated rings. The lowest BCUT2D eigenvalue weighted by atomic mass is 9.89. The minimum Gasteiger partial charge on any atom is -0.497 e. The Labute approximate surface area is 172 Å². The maximum absolute atomic E-state index is 12.9. The lowest BCUT2D eigenvalue weighted by Gasteiger charge is -2.24. The van der Waals surface area contributed by atoms with Crippen LogP contribution in [0.5, 0.6) is 5.75 Å². The fourth-order valence-corrected chi connectivity index (χ4v) is 4.27. The van der Waals surface area contributed by atoms with Crippen LogP contribution in [0.25, 0.3) is 0 Å².